The van der Waals surface area contributed by atoms with Crippen molar-refractivity contribution >= 4 is 10.0 Å². The van der Waals surface area contributed by atoms with Crippen LogP contribution >= 0.6 is 0 Å². The molecule has 0 saturated heterocycles. The fraction of sp³-hybridized carbons (Fsp3) is 0.368. The lowest BCUT2D eigenvalue weighted by Gasteiger charge is -2.13. The highest BCUT2D eigenvalue weighted by Crippen LogP contribution is 2.21. The Morgan fingerprint density at radius 2 is 1.54 bits per heavy atom. The third-order valence-electron chi connectivity index (χ3n) is 3.87. The highest BCUT2D eigenvalue weighted by Gasteiger charge is 2.19. The lowest BCUT2D eigenvalue weighted by molar-refractivity contribution is 0.572. The first-order valence-electron chi connectivity index (χ1n) is 8.22. The Bertz CT molecular complexity index is 748. The van der Waals surface area contributed by atoms with Crippen LogP contribution in [0.5, 0.6) is 0 Å². The second kappa shape index (κ2) is 8.42. The second-order valence-electron chi connectivity index (χ2n) is 6.14. The first-order valence-corrected chi connectivity index (χ1v) is 9.70. The maximum absolute atomic E-state index is 12.5. The summed E-state index contributed by atoms with van der Waals surface area (Å²) in [6.07, 6.45) is 0.746. The van der Waals surface area contributed by atoms with E-state index in [0.29, 0.717) is 11.4 Å². The number of hydrogen-bond acceptors (Lipinski definition) is 3. The van der Waals surface area contributed by atoms with Crippen LogP contribution in [0.25, 0.3) is 0 Å². The highest BCUT2D eigenvalue weighted by molar-refractivity contribution is 7.89. The van der Waals surface area contributed by atoms with Gasteiger partial charge in [0.25, 0.3) is 0 Å². The summed E-state index contributed by atoms with van der Waals surface area (Å²) in [5.41, 5.74) is 3.89. The monoisotopic (exact) mass is 346 g/mol. The Kier molecular flexibility index (Phi) is 6.54. The van der Waals surface area contributed by atoms with Gasteiger partial charge in [0, 0.05) is 13.1 Å². The molecule has 2 aromatic carbocycles. The summed E-state index contributed by atoms with van der Waals surface area (Å²) < 4.78 is 27.7. The molecule has 2 N–H and O–H groups in total. The average Bonchev–Trinajstić information content (AvgIpc) is 2.50. The SMILES string of the molecule is Cc1cc(C)c(S(=O)(=O)NCCCNCc2ccccc2)c(C)c1. The number of rotatable bonds is 8. The van der Waals surface area contributed by atoms with Gasteiger partial charge in [-0.25, -0.2) is 13.1 Å². The van der Waals surface area contributed by atoms with Crippen LogP contribution in [-0.2, 0) is 16.6 Å². The molecule has 0 bridgehead atoms. The molecule has 0 heterocycles. The maximum atomic E-state index is 12.5. The van der Waals surface area contributed by atoms with E-state index in [2.05, 4.69) is 22.2 Å². The summed E-state index contributed by atoms with van der Waals surface area (Å²) in [6, 6.07) is 14.0. The normalized spacial score (nSPS) is 11.6. The van der Waals surface area contributed by atoms with Crippen molar-refractivity contribution in [3.8, 4) is 0 Å². The van der Waals surface area contributed by atoms with Gasteiger partial charge < -0.3 is 5.32 Å². The van der Waals surface area contributed by atoms with Gasteiger partial charge in [0.2, 0.25) is 10.0 Å². The van der Waals surface area contributed by atoms with E-state index in [1.165, 1.54) is 5.56 Å². The number of aryl methyl sites for hydroxylation is 3. The molecule has 0 aliphatic rings. The van der Waals surface area contributed by atoms with Crippen molar-refractivity contribution in [1.29, 1.82) is 0 Å². The minimum Gasteiger partial charge on any atom is -0.313 e. The zero-order chi connectivity index (χ0) is 17.6. The van der Waals surface area contributed by atoms with Crippen molar-refractivity contribution in [2.75, 3.05) is 13.1 Å². The molecule has 0 unspecified atom stereocenters. The van der Waals surface area contributed by atoms with E-state index >= 15 is 0 Å². The number of benzene rings is 2. The van der Waals surface area contributed by atoms with E-state index < -0.39 is 10.0 Å². The second-order valence-corrected chi connectivity index (χ2v) is 7.85. The van der Waals surface area contributed by atoms with Gasteiger partial charge in [0.05, 0.1) is 4.90 Å². The van der Waals surface area contributed by atoms with Gasteiger partial charge in [-0.1, -0.05) is 48.0 Å². The summed E-state index contributed by atoms with van der Waals surface area (Å²) in [5, 5.41) is 3.32. The molecule has 5 heteroatoms. The van der Waals surface area contributed by atoms with Gasteiger partial charge in [-0.3, -0.25) is 0 Å². The third kappa shape index (κ3) is 5.16. The van der Waals surface area contributed by atoms with Crippen molar-refractivity contribution < 1.29 is 8.42 Å². The smallest absolute Gasteiger partial charge is 0.241 e. The molecule has 0 saturated carbocycles. The minimum absolute atomic E-state index is 0.408. The third-order valence-corrected chi connectivity index (χ3v) is 5.63. The lowest BCUT2D eigenvalue weighted by atomic mass is 10.1. The van der Waals surface area contributed by atoms with E-state index in [-0.39, 0.29) is 0 Å². The van der Waals surface area contributed by atoms with Crippen molar-refractivity contribution in [3.63, 3.8) is 0 Å². The molecule has 0 amide bonds. The fourth-order valence-corrected chi connectivity index (χ4v) is 4.43. The molecule has 0 fully saturated rings. The molecule has 130 valence electrons. The fourth-order valence-electron chi connectivity index (χ4n) is 2.91. The predicted molar refractivity (Wildman–Crippen MR) is 98.6 cm³/mol. The molecule has 0 aliphatic heterocycles. The molecular formula is C19H26N2O2S. The van der Waals surface area contributed by atoms with Crippen molar-refractivity contribution in [1.82, 2.24) is 10.0 Å². The van der Waals surface area contributed by atoms with E-state index in [0.717, 1.165) is 36.2 Å². The zero-order valence-electron chi connectivity index (χ0n) is 14.6. The quantitative estimate of drug-likeness (QED) is 0.722. The Balaban J connectivity index is 1.81. The van der Waals surface area contributed by atoms with Crippen LogP contribution in [0, 0.1) is 20.8 Å². The van der Waals surface area contributed by atoms with Crippen LogP contribution in [-0.4, -0.2) is 21.5 Å². The molecule has 0 radical (unpaired) electrons. The first-order chi connectivity index (χ1) is 11.4. The average molecular weight is 346 g/mol. The summed E-state index contributed by atoms with van der Waals surface area (Å²) in [6.45, 7) is 7.65. The van der Waals surface area contributed by atoms with Crippen molar-refractivity contribution in [2.24, 2.45) is 0 Å². The van der Waals surface area contributed by atoms with Crippen LogP contribution in [0.4, 0.5) is 0 Å². The molecule has 2 aromatic rings. The van der Waals surface area contributed by atoms with E-state index in [1.807, 2.05) is 51.1 Å². The van der Waals surface area contributed by atoms with E-state index in [1.54, 1.807) is 0 Å². The maximum Gasteiger partial charge on any atom is 0.241 e. The van der Waals surface area contributed by atoms with Gasteiger partial charge in [-0.05, 0) is 50.4 Å². The summed E-state index contributed by atoms with van der Waals surface area (Å²) in [4.78, 5) is 0.408. The van der Waals surface area contributed by atoms with Crippen LogP contribution in [0.3, 0.4) is 0 Å². The van der Waals surface area contributed by atoms with Crippen LogP contribution in [0.15, 0.2) is 47.4 Å². The predicted octanol–water partition coefficient (Wildman–Crippen LogP) is 3.07. The standard InChI is InChI=1S/C19H26N2O2S/c1-15-12-16(2)19(17(3)13-15)24(22,23)21-11-7-10-20-14-18-8-5-4-6-9-18/h4-6,8-9,12-13,20-21H,7,10-11,14H2,1-3H3. The van der Waals surface area contributed by atoms with Gasteiger partial charge in [-0.2, -0.15) is 0 Å². The summed E-state index contributed by atoms with van der Waals surface area (Å²) >= 11 is 0. The number of sulfonamides is 1. The van der Waals surface area contributed by atoms with Gasteiger partial charge in [-0.15, -0.1) is 0 Å². The largest absolute Gasteiger partial charge is 0.313 e. The first kappa shape index (κ1) is 18.6. The number of nitrogens with one attached hydrogen (secondary N) is 2. The van der Waals surface area contributed by atoms with Crippen LogP contribution < -0.4 is 10.0 Å². The molecule has 24 heavy (non-hydrogen) atoms. The highest BCUT2D eigenvalue weighted by atomic mass is 32.2. The van der Waals surface area contributed by atoms with E-state index in [4.69, 9.17) is 0 Å². The van der Waals surface area contributed by atoms with Gasteiger partial charge in [0.1, 0.15) is 0 Å². The topological polar surface area (TPSA) is 58.2 Å². The number of hydrogen-bond donors (Lipinski definition) is 2. The Hall–Kier alpha value is -1.69. The van der Waals surface area contributed by atoms with Gasteiger partial charge >= 0.3 is 0 Å². The molecular weight excluding hydrogens is 320 g/mol. The van der Waals surface area contributed by atoms with Crippen molar-refractivity contribution in [3.05, 3.63) is 64.7 Å². The minimum atomic E-state index is -3.46. The van der Waals surface area contributed by atoms with Crippen molar-refractivity contribution in [2.45, 2.75) is 38.6 Å². The molecule has 4 nitrogen and oxygen atoms in total. The molecule has 2 rings (SSSR count). The van der Waals surface area contributed by atoms with E-state index in [9.17, 15) is 8.42 Å². The van der Waals surface area contributed by atoms with Crippen LogP contribution in [0.1, 0.15) is 28.7 Å². The molecule has 0 atom stereocenters. The summed E-state index contributed by atoms with van der Waals surface area (Å²) in [7, 11) is -3.46. The Morgan fingerprint density at radius 3 is 2.17 bits per heavy atom. The van der Waals surface area contributed by atoms with Gasteiger partial charge in [0.15, 0.2) is 0 Å². The molecule has 0 aromatic heterocycles. The zero-order valence-corrected chi connectivity index (χ0v) is 15.4. The molecule has 0 aliphatic carbocycles. The molecule has 0 spiro atoms. The lowest BCUT2D eigenvalue weighted by Crippen LogP contribution is -2.28. The van der Waals surface area contributed by atoms with Crippen LogP contribution in [0.2, 0.25) is 0 Å². The Labute approximate surface area is 145 Å². The summed E-state index contributed by atoms with van der Waals surface area (Å²) in [5.74, 6) is 0. The Morgan fingerprint density at radius 1 is 0.917 bits per heavy atom.